The summed E-state index contributed by atoms with van der Waals surface area (Å²) in [6, 6.07) is 3.99. The van der Waals surface area contributed by atoms with E-state index in [0.29, 0.717) is 0 Å². The molecule has 0 aromatic heterocycles. The Morgan fingerprint density at radius 1 is 0.286 bits per heavy atom. The number of rotatable bonds is 4. The molecule has 0 aromatic rings. The molecule has 4 aliphatic rings. The fraction of sp³-hybridized carbons (Fsp3) is 1.00. The van der Waals surface area contributed by atoms with Crippen molar-refractivity contribution < 1.29 is 35.4 Å². The van der Waals surface area contributed by atoms with Crippen LogP contribution < -0.4 is 35.4 Å². The quantitative estimate of drug-likeness (QED) is 0.536. The van der Waals surface area contributed by atoms with E-state index in [2.05, 4.69) is 10.6 Å². The molecule has 0 bridgehead atoms. The summed E-state index contributed by atoms with van der Waals surface area (Å²) in [5, 5.41) is 5.44. The number of nitrogens with two attached hydrogens (primary N) is 2. The van der Waals surface area contributed by atoms with Crippen LogP contribution in [0.3, 0.4) is 0 Å². The van der Waals surface area contributed by atoms with Gasteiger partial charge in [0, 0.05) is 0 Å². The molecule has 0 spiro atoms. The molecule has 4 saturated carbocycles. The highest BCUT2D eigenvalue weighted by Crippen LogP contribution is 2.19. The minimum absolute atomic E-state index is 0. The minimum atomic E-state index is 0. The van der Waals surface area contributed by atoms with Crippen LogP contribution in [-0.2, 0) is 0 Å². The molecule has 0 aromatic carbocycles. The van der Waals surface area contributed by atoms with Crippen molar-refractivity contribution in [1.29, 1.82) is 0 Å². The van der Waals surface area contributed by atoms with Crippen molar-refractivity contribution in [3.05, 3.63) is 0 Å². The first-order valence-electron chi connectivity index (χ1n) is 12.6. The third kappa shape index (κ3) is 10.5. The fourth-order valence-corrected chi connectivity index (χ4v) is 6.08. The predicted molar refractivity (Wildman–Crippen MR) is 111 cm³/mol. The van der Waals surface area contributed by atoms with Crippen molar-refractivity contribution in [3.63, 3.8) is 0 Å². The summed E-state index contributed by atoms with van der Waals surface area (Å²) in [5.74, 6) is 0. The zero-order valence-electron chi connectivity index (χ0n) is 18.4. The molecule has 2 nitrogen and oxygen atoms in total. The highest BCUT2D eigenvalue weighted by Gasteiger charge is 2.23. The van der Waals surface area contributed by atoms with Gasteiger partial charge in [0.25, 0.3) is 0 Å². The average molecular weight is 436 g/mol. The summed E-state index contributed by atoms with van der Waals surface area (Å²) < 4.78 is 0. The van der Waals surface area contributed by atoms with Gasteiger partial charge in [-0.3, -0.25) is 0 Å². The van der Waals surface area contributed by atoms with E-state index < -0.39 is 0 Å². The third-order valence-electron chi connectivity index (χ3n) is 7.69. The maximum Gasteiger partial charge on any atom is 0.0861 e. The summed E-state index contributed by atoms with van der Waals surface area (Å²) in [4.78, 5) is 0. The third-order valence-corrected chi connectivity index (χ3v) is 7.69. The minimum Gasteiger partial charge on any atom is -1.00 e. The molecule has 0 atom stereocenters. The summed E-state index contributed by atoms with van der Waals surface area (Å²) in [6.45, 7) is 0. The topological polar surface area (TPSA) is 33.2 Å². The van der Waals surface area contributed by atoms with E-state index in [1.807, 2.05) is 0 Å². The molecule has 4 aliphatic carbocycles. The number of hydrogen-bond acceptors (Lipinski definition) is 0. The van der Waals surface area contributed by atoms with Gasteiger partial charge in [-0.2, -0.15) is 0 Å². The lowest BCUT2D eigenvalue weighted by molar-refractivity contribution is -0.726. The van der Waals surface area contributed by atoms with Gasteiger partial charge in [-0.15, -0.1) is 0 Å². The van der Waals surface area contributed by atoms with Crippen molar-refractivity contribution in [1.82, 2.24) is 0 Å². The molecule has 168 valence electrons. The fourth-order valence-electron chi connectivity index (χ4n) is 6.08. The van der Waals surface area contributed by atoms with Gasteiger partial charge in [0.15, 0.2) is 0 Å². The van der Waals surface area contributed by atoms with E-state index in [1.54, 1.807) is 0 Å². The second kappa shape index (κ2) is 16.2. The van der Waals surface area contributed by atoms with Crippen LogP contribution >= 0.6 is 0 Å². The van der Waals surface area contributed by atoms with Crippen LogP contribution in [0.25, 0.3) is 0 Å². The largest absolute Gasteiger partial charge is 1.00 e. The lowest BCUT2D eigenvalue weighted by Crippen LogP contribution is -3.00. The molecule has 28 heavy (non-hydrogen) atoms. The number of quaternary nitrogens is 2. The molecule has 0 saturated heterocycles. The van der Waals surface area contributed by atoms with E-state index in [-0.39, 0.29) is 24.8 Å². The average Bonchev–Trinajstić information content (AvgIpc) is 2.72. The van der Waals surface area contributed by atoms with Crippen molar-refractivity contribution in [2.24, 2.45) is 0 Å². The molecular formula is C24H48Cl2N2. The summed E-state index contributed by atoms with van der Waals surface area (Å²) in [5.41, 5.74) is 0. The molecule has 4 rings (SSSR count). The highest BCUT2D eigenvalue weighted by atomic mass is 35.5. The molecule has 0 unspecified atom stereocenters. The van der Waals surface area contributed by atoms with Crippen LogP contribution in [0, 0.1) is 0 Å². The van der Waals surface area contributed by atoms with E-state index >= 15 is 0 Å². The first-order chi connectivity index (χ1) is 12.9. The van der Waals surface area contributed by atoms with E-state index in [0.717, 1.165) is 24.2 Å². The van der Waals surface area contributed by atoms with Crippen LogP contribution in [0.15, 0.2) is 0 Å². The van der Waals surface area contributed by atoms with Gasteiger partial charge in [-0.05, 0) is 103 Å². The van der Waals surface area contributed by atoms with Crippen molar-refractivity contribution in [3.8, 4) is 0 Å². The Bertz CT molecular complexity index is 277. The van der Waals surface area contributed by atoms with Crippen molar-refractivity contribution in [2.45, 2.75) is 153 Å². The highest BCUT2D eigenvalue weighted by molar-refractivity contribution is 4.68. The standard InChI is InChI=1S/2C12H23N.2ClH/c2*1-3-7-11(8-4-1)13-12-9-5-2-6-10-12;;/h2*11-13H,1-10H2;2*1H. The number of halogens is 2. The van der Waals surface area contributed by atoms with Crippen LogP contribution in [0.2, 0.25) is 0 Å². The molecule has 0 aliphatic heterocycles. The van der Waals surface area contributed by atoms with Gasteiger partial charge in [0.2, 0.25) is 0 Å². The smallest absolute Gasteiger partial charge is 0.0861 e. The second-order valence-electron chi connectivity index (χ2n) is 9.98. The normalized spacial score (nSPS) is 25.7. The molecule has 4 N–H and O–H groups in total. The maximum atomic E-state index is 2.72. The predicted octanol–water partition coefficient (Wildman–Crippen LogP) is -1.56. The first-order valence-corrected chi connectivity index (χ1v) is 12.6. The van der Waals surface area contributed by atoms with Crippen molar-refractivity contribution in [2.75, 3.05) is 0 Å². The zero-order valence-corrected chi connectivity index (χ0v) is 19.9. The SMILES string of the molecule is C1CCC([NH2+]C2CCCCC2)CC1.C1CCC([NH2+]C2CCCCC2)CC1.[Cl-].[Cl-]. The van der Waals surface area contributed by atoms with Crippen LogP contribution in [0.4, 0.5) is 0 Å². The Labute approximate surface area is 188 Å². The summed E-state index contributed by atoms with van der Waals surface area (Å²) in [7, 11) is 0. The van der Waals surface area contributed by atoms with Crippen LogP contribution in [0.5, 0.6) is 0 Å². The molecule has 0 amide bonds. The van der Waals surface area contributed by atoms with Crippen LogP contribution in [0.1, 0.15) is 128 Å². The van der Waals surface area contributed by atoms with Gasteiger partial charge < -0.3 is 35.4 Å². The zero-order chi connectivity index (χ0) is 17.9. The lowest BCUT2D eigenvalue weighted by atomic mass is 9.91. The maximum absolute atomic E-state index is 2.72. The van der Waals surface area contributed by atoms with E-state index in [9.17, 15) is 0 Å². The van der Waals surface area contributed by atoms with E-state index in [4.69, 9.17) is 0 Å². The second-order valence-corrected chi connectivity index (χ2v) is 9.98. The molecule has 4 fully saturated rings. The summed E-state index contributed by atoms with van der Waals surface area (Å²) >= 11 is 0. The molecular weight excluding hydrogens is 387 g/mol. The van der Waals surface area contributed by atoms with Crippen LogP contribution in [-0.4, -0.2) is 24.2 Å². The van der Waals surface area contributed by atoms with Crippen molar-refractivity contribution >= 4 is 0 Å². The van der Waals surface area contributed by atoms with Gasteiger partial charge >= 0.3 is 0 Å². The van der Waals surface area contributed by atoms with E-state index in [1.165, 1.54) is 128 Å². The van der Waals surface area contributed by atoms with Gasteiger partial charge in [-0.1, -0.05) is 25.7 Å². The Morgan fingerprint density at radius 3 is 0.643 bits per heavy atom. The molecule has 4 heteroatoms. The first kappa shape index (κ1) is 26.5. The lowest BCUT2D eigenvalue weighted by Gasteiger charge is -2.27. The number of hydrogen-bond donors (Lipinski definition) is 2. The van der Waals surface area contributed by atoms with Gasteiger partial charge in [0.05, 0.1) is 24.2 Å². The Morgan fingerprint density at radius 2 is 0.464 bits per heavy atom. The molecule has 0 heterocycles. The molecule has 0 radical (unpaired) electrons. The Balaban J connectivity index is 0.000000261. The monoisotopic (exact) mass is 434 g/mol. The van der Waals surface area contributed by atoms with Gasteiger partial charge in [-0.25, -0.2) is 0 Å². The Hall–Kier alpha value is 0.500. The van der Waals surface area contributed by atoms with Gasteiger partial charge in [0.1, 0.15) is 0 Å². The summed E-state index contributed by atoms with van der Waals surface area (Å²) in [6.07, 6.45) is 29.9. The Kier molecular flexibility index (Phi) is 15.4.